The normalized spacial score (nSPS) is 20.0. The van der Waals surface area contributed by atoms with E-state index in [1.165, 1.54) is 0 Å². The fourth-order valence-corrected chi connectivity index (χ4v) is 1.42. The van der Waals surface area contributed by atoms with E-state index in [2.05, 4.69) is 4.74 Å². The number of carbonyl (C=O) groups is 1. The number of carbonyl (C=O) groups excluding carboxylic acids is 1. The van der Waals surface area contributed by atoms with Crippen LogP contribution in [0.4, 0.5) is 0 Å². The molecule has 0 aliphatic heterocycles. The molecular formula is C9H12O3. The third-order valence-electron chi connectivity index (χ3n) is 2.12. The van der Waals surface area contributed by atoms with Crippen LogP contribution in [0.2, 0.25) is 0 Å². The molecule has 66 valence electrons. The highest BCUT2D eigenvalue weighted by atomic mass is 16.5. The fourth-order valence-electron chi connectivity index (χ4n) is 1.42. The molecule has 0 aromatic rings. The molecule has 3 nitrogen and oxygen atoms in total. The van der Waals surface area contributed by atoms with Gasteiger partial charge in [-0.05, 0) is 12.8 Å². The van der Waals surface area contributed by atoms with Crippen LogP contribution in [-0.4, -0.2) is 23.3 Å². The summed E-state index contributed by atoms with van der Waals surface area (Å²) in [5, 5.41) is 9.69. The first kappa shape index (κ1) is 9.08. The summed E-state index contributed by atoms with van der Waals surface area (Å²) < 4.78 is 4.65. The van der Waals surface area contributed by atoms with Gasteiger partial charge in [-0.25, -0.2) is 4.79 Å². The molecule has 0 saturated heterocycles. The minimum Gasteiger partial charge on any atom is -0.453 e. The van der Waals surface area contributed by atoms with E-state index in [0.29, 0.717) is 12.8 Å². The molecule has 0 heterocycles. The second kappa shape index (κ2) is 3.59. The van der Waals surface area contributed by atoms with Gasteiger partial charge >= 0.3 is 5.97 Å². The summed E-state index contributed by atoms with van der Waals surface area (Å²) in [6, 6.07) is 0. The Morgan fingerprint density at radius 3 is 2.67 bits per heavy atom. The Morgan fingerprint density at radius 2 is 2.17 bits per heavy atom. The average Bonchev–Trinajstić information content (AvgIpc) is 2.49. The largest absolute Gasteiger partial charge is 0.453 e. The lowest BCUT2D eigenvalue weighted by Crippen LogP contribution is -2.31. The van der Waals surface area contributed by atoms with Crippen molar-refractivity contribution in [1.29, 1.82) is 0 Å². The number of rotatable bonds is 2. The SMILES string of the molecule is C#CC(=O)OCC1(O)CCCC1. The Labute approximate surface area is 71.7 Å². The molecule has 0 unspecified atom stereocenters. The maximum atomic E-state index is 10.5. The standard InChI is InChI=1S/C9H12O3/c1-2-8(10)12-7-9(11)5-3-4-6-9/h1,11H,3-7H2. The van der Waals surface area contributed by atoms with Gasteiger partial charge in [-0.15, -0.1) is 6.42 Å². The van der Waals surface area contributed by atoms with Gasteiger partial charge in [0.05, 0.1) is 5.60 Å². The lowest BCUT2D eigenvalue weighted by molar-refractivity contribution is -0.144. The smallest absolute Gasteiger partial charge is 0.384 e. The summed E-state index contributed by atoms with van der Waals surface area (Å²) in [6.45, 7) is 0.0377. The molecule has 1 aliphatic rings. The highest BCUT2D eigenvalue weighted by molar-refractivity contribution is 5.87. The maximum Gasteiger partial charge on any atom is 0.384 e. The predicted octanol–water partition coefficient (Wildman–Crippen LogP) is 0.468. The summed E-state index contributed by atoms with van der Waals surface area (Å²) in [5.41, 5.74) is -0.813. The van der Waals surface area contributed by atoms with Crippen molar-refractivity contribution in [1.82, 2.24) is 0 Å². The van der Waals surface area contributed by atoms with E-state index >= 15 is 0 Å². The van der Waals surface area contributed by atoms with Crippen LogP contribution in [0.3, 0.4) is 0 Å². The fraction of sp³-hybridized carbons (Fsp3) is 0.667. The van der Waals surface area contributed by atoms with E-state index < -0.39 is 11.6 Å². The van der Waals surface area contributed by atoms with Crippen LogP contribution in [0.1, 0.15) is 25.7 Å². The first-order valence-corrected chi connectivity index (χ1v) is 4.02. The van der Waals surface area contributed by atoms with Crippen molar-refractivity contribution in [3.05, 3.63) is 0 Å². The number of esters is 1. The monoisotopic (exact) mass is 168 g/mol. The van der Waals surface area contributed by atoms with Gasteiger partial charge in [-0.3, -0.25) is 0 Å². The second-order valence-corrected chi connectivity index (χ2v) is 3.15. The summed E-state index contributed by atoms with van der Waals surface area (Å²) in [6.07, 6.45) is 8.17. The quantitative estimate of drug-likeness (QED) is 0.370. The molecule has 0 radical (unpaired) electrons. The van der Waals surface area contributed by atoms with Crippen LogP contribution < -0.4 is 0 Å². The summed E-state index contributed by atoms with van der Waals surface area (Å²) in [7, 11) is 0. The maximum absolute atomic E-state index is 10.5. The van der Waals surface area contributed by atoms with Gasteiger partial charge < -0.3 is 9.84 Å². The van der Waals surface area contributed by atoms with E-state index in [1.807, 2.05) is 5.92 Å². The summed E-state index contributed by atoms with van der Waals surface area (Å²) in [5.74, 6) is 1.14. The Kier molecular flexibility index (Phi) is 2.72. The van der Waals surface area contributed by atoms with Crippen LogP contribution in [0.5, 0.6) is 0 Å². The van der Waals surface area contributed by atoms with Crippen LogP contribution in [0.15, 0.2) is 0 Å². The van der Waals surface area contributed by atoms with Crippen molar-refractivity contribution in [3.63, 3.8) is 0 Å². The lowest BCUT2D eigenvalue weighted by atomic mass is 10.0. The van der Waals surface area contributed by atoms with E-state index in [0.717, 1.165) is 12.8 Å². The van der Waals surface area contributed by atoms with Crippen molar-refractivity contribution < 1.29 is 14.6 Å². The zero-order valence-corrected chi connectivity index (χ0v) is 6.88. The first-order chi connectivity index (χ1) is 5.66. The summed E-state index contributed by atoms with van der Waals surface area (Å²) in [4.78, 5) is 10.5. The van der Waals surface area contributed by atoms with Gasteiger partial charge in [0, 0.05) is 5.92 Å². The van der Waals surface area contributed by atoms with Crippen molar-refractivity contribution in [2.24, 2.45) is 0 Å². The van der Waals surface area contributed by atoms with Gasteiger partial charge in [-0.1, -0.05) is 12.8 Å². The molecule has 0 amide bonds. The van der Waals surface area contributed by atoms with Crippen molar-refractivity contribution in [2.75, 3.05) is 6.61 Å². The minimum atomic E-state index is -0.813. The zero-order chi connectivity index (χ0) is 9.03. The molecule has 3 heteroatoms. The Hall–Kier alpha value is -1.01. The van der Waals surface area contributed by atoms with Crippen LogP contribution in [0.25, 0.3) is 0 Å². The number of hydrogen-bond donors (Lipinski definition) is 1. The third-order valence-corrected chi connectivity index (χ3v) is 2.12. The lowest BCUT2D eigenvalue weighted by Gasteiger charge is -2.20. The van der Waals surface area contributed by atoms with E-state index in [9.17, 15) is 9.90 Å². The van der Waals surface area contributed by atoms with Gasteiger partial charge in [0.25, 0.3) is 0 Å². The minimum absolute atomic E-state index is 0.0377. The highest BCUT2D eigenvalue weighted by Gasteiger charge is 2.32. The second-order valence-electron chi connectivity index (χ2n) is 3.15. The molecule has 0 atom stereocenters. The van der Waals surface area contributed by atoms with E-state index in [1.54, 1.807) is 0 Å². The molecule has 0 bridgehead atoms. The van der Waals surface area contributed by atoms with Gasteiger partial charge in [0.15, 0.2) is 0 Å². The van der Waals surface area contributed by atoms with Crippen LogP contribution >= 0.6 is 0 Å². The zero-order valence-electron chi connectivity index (χ0n) is 6.88. The third kappa shape index (κ3) is 2.24. The molecule has 1 aliphatic carbocycles. The Balaban J connectivity index is 2.31. The van der Waals surface area contributed by atoms with E-state index in [4.69, 9.17) is 6.42 Å². The predicted molar refractivity (Wildman–Crippen MR) is 43.2 cm³/mol. The van der Waals surface area contributed by atoms with Crippen LogP contribution in [0, 0.1) is 12.3 Å². The summed E-state index contributed by atoms with van der Waals surface area (Å²) >= 11 is 0. The number of ether oxygens (including phenoxy) is 1. The van der Waals surface area contributed by atoms with Gasteiger partial charge in [-0.2, -0.15) is 0 Å². The highest BCUT2D eigenvalue weighted by Crippen LogP contribution is 2.29. The Morgan fingerprint density at radius 1 is 1.58 bits per heavy atom. The molecule has 1 saturated carbocycles. The average molecular weight is 168 g/mol. The van der Waals surface area contributed by atoms with Crippen molar-refractivity contribution in [2.45, 2.75) is 31.3 Å². The van der Waals surface area contributed by atoms with Crippen molar-refractivity contribution in [3.8, 4) is 12.3 Å². The van der Waals surface area contributed by atoms with Gasteiger partial charge in [0.1, 0.15) is 6.61 Å². The number of aliphatic hydroxyl groups is 1. The molecule has 1 rings (SSSR count). The van der Waals surface area contributed by atoms with E-state index in [-0.39, 0.29) is 6.61 Å². The van der Waals surface area contributed by atoms with Gasteiger partial charge in [0.2, 0.25) is 0 Å². The molecular weight excluding hydrogens is 156 g/mol. The number of terminal acetylenes is 1. The van der Waals surface area contributed by atoms with Crippen molar-refractivity contribution >= 4 is 5.97 Å². The number of hydrogen-bond acceptors (Lipinski definition) is 3. The topological polar surface area (TPSA) is 46.5 Å². The van der Waals surface area contributed by atoms with Crippen LogP contribution in [-0.2, 0) is 9.53 Å². The molecule has 12 heavy (non-hydrogen) atoms. The Bertz CT molecular complexity index is 208. The molecule has 0 spiro atoms. The molecule has 1 fully saturated rings. The molecule has 0 aromatic heterocycles. The molecule has 0 aromatic carbocycles. The molecule has 1 N–H and O–H groups in total. The first-order valence-electron chi connectivity index (χ1n) is 4.02.